The molecule has 136 valence electrons. The van der Waals surface area contributed by atoms with Crippen LogP contribution in [-0.4, -0.2) is 23.5 Å². The van der Waals surface area contributed by atoms with Crippen molar-refractivity contribution in [1.29, 1.82) is 0 Å². The molecule has 1 saturated carbocycles. The van der Waals surface area contributed by atoms with Crippen molar-refractivity contribution < 1.29 is 19.1 Å². The maximum Gasteiger partial charge on any atom is 0.315 e. The van der Waals surface area contributed by atoms with Crippen molar-refractivity contribution in [2.45, 2.75) is 37.0 Å². The zero-order chi connectivity index (χ0) is 18.8. The molecule has 5 heteroatoms. The number of hydrogen-bond donors (Lipinski definition) is 2. The van der Waals surface area contributed by atoms with Gasteiger partial charge in [-0.2, -0.15) is 0 Å². The van der Waals surface area contributed by atoms with Gasteiger partial charge in [-0.15, -0.1) is 0 Å². The van der Waals surface area contributed by atoms with Gasteiger partial charge in [0.1, 0.15) is 11.2 Å². The van der Waals surface area contributed by atoms with Crippen molar-refractivity contribution in [2.75, 3.05) is 6.54 Å². The average Bonchev–Trinajstić information content (AvgIpc) is 2.59. The second-order valence-electron chi connectivity index (χ2n) is 7.13. The minimum absolute atomic E-state index is 0.0255. The lowest BCUT2D eigenvalue weighted by molar-refractivity contribution is -0.143. The molecule has 2 aromatic carbocycles. The van der Waals surface area contributed by atoms with Gasteiger partial charge < -0.3 is 10.4 Å². The molecule has 2 N–H and O–H groups in total. The molecule has 0 spiro atoms. The molecule has 0 radical (unpaired) electrons. The van der Waals surface area contributed by atoms with Crippen LogP contribution in [0.4, 0.5) is 4.39 Å². The fraction of sp³-hybridized carbons (Fsp3) is 0.333. The van der Waals surface area contributed by atoms with Crippen LogP contribution >= 0.6 is 0 Å². The zero-order valence-electron chi connectivity index (χ0n) is 14.7. The van der Waals surface area contributed by atoms with Crippen molar-refractivity contribution >= 4 is 11.9 Å². The molecule has 0 aliphatic heterocycles. The lowest BCUT2D eigenvalue weighted by Gasteiger charge is -2.41. The van der Waals surface area contributed by atoms with E-state index in [4.69, 9.17) is 0 Å². The van der Waals surface area contributed by atoms with Gasteiger partial charge in [0.15, 0.2) is 0 Å². The van der Waals surface area contributed by atoms with E-state index in [1.165, 1.54) is 12.1 Å². The number of rotatable bonds is 6. The molecule has 0 heterocycles. The van der Waals surface area contributed by atoms with Gasteiger partial charge in [-0.3, -0.25) is 9.59 Å². The molecule has 0 aromatic heterocycles. The first-order valence-electron chi connectivity index (χ1n) is 8.72. The highest BCUT2D eigenvalue weighted by atomic mass is 19.1. The molecule has 0 saturated heterocycles. The van der Waals surface area contributed by atoms with Crippen LogP contribution < -0.4 is 5.32 Å². The van der Waals surface area contributed by atoms with E-state index in [-0.39, 0.29) is 18.3 Å². The summed E-state index contributed by atoms with van der Waals surface area (Å²) in [6.07, 6.45) is 2.16. The van der Waals surface area contributed by atoms with E-state index in [2.05, 4.69) is 5.32 Å². The van der Waals surface area contributed by atoms with Crippen LogP contribution in [0.2, 0.25) is 0 Å². The Morgan fingerprint density at radius 3 is 2.38 bits per heavy atom. The first kappa shape index (κ1) is 18.1. The minimum Gasteiger partial charge on any atom is -0.481 e. The summed E-state index contributed by atoms with van der Waals surface area (Å²) in [5.41, 5.74) is -0.721. The predicted octanol–water partition coefficient (Wildman–Crippen LogP) is 3.41. The lowest BCUT2D eigenvalue weighted by Crippen LogP contribution is -2.53. The Kier molecular flexibility index (Phi) is 4.81. The van der Waals surface area contributed by atoms with Crippen LogP contribution in [0.25, 0.3) is 0 Å². The Morgan fingerprint density at radius 1 is 1.15 bits per heavy atom. The highest BCUT2D eigenvalue weighted by molar-refractivity contribution is 5.90. The predicted molar refractivity (Wildman–Crippen MR) is 96.4 cm³/mol. The molecular formula is C21H22FNO3. The van der Waals surface area contributed by atoms with Gasteiger partial charge in [0, 0.05) is 6.54 Å². The van der Waals surface area contributed by atoms with Gasteiger partial charge >= 0.3 is 5.97 Å². The summed E-state index contributed by atoms with van der Waals surface area (Å²) in [5, 5.41) is 12.5. The van der Waals surface area contributed by atoms with Crippen molar-refractivity contribution in [3.8, 4) is 0 Å². The molecule has 1 aliphatic carbocycles. The topological polar surface area (TPSA) is 66.4 Å². The number of hydrogen-bond acceptors (Lipinski definition) is 2. The van der Waals surface area contributed by atoms with Crippen LogP contribution in [0.1, 0.15) is 37.3 Å². The molecule has 3 rings (SSSR count). The highest BCUT2D eigenvalue weighted by Crippen LogP contribution is 2.44. The summed E-state index contributed by atoms with van der Waals surface area (Å²) < 4.78 is 13.6. The van der Waals surface area contributed by atoms with Gasteiger partial charge in [0.2, 0.25) is 5.91 Å². The molecular weight excluding hydrogens is 333 g/mol. The van der Waals surface area contributed by atoms with E-state index in [0.29, 0.717) is 24.0 Å². The van der Waals surface area contributed by atoms with E-state index in [1.54, 1.807) is 43.3 Å². The van der Waals surface area contributed by atoms with Crippen molar-refractivity contribution in [1.82, 2.24) is 5.32 Å². The summed E-state index contributed by atoms with van der Waals surface area (Å²) in [6.45, 7) is 1.57. The van der Waals surface area contributed by atoms with Gasteiger partial charge in [-0.1, -0.05) is 48.9 Å². The SMILES string of the molecule is CC(CNC(=O)C1(c2cccc(F)c2)CCC1)(C(=O)O)c1ccccc1. The maximum atomic E-state index is 13.6. The van der Waals surface area contributed by atoms with E-state index in [9.17, 15) is 19.1 Å². The molecule has 26 heavy (non-hydrogen) atoms. The Labute approximate surface area is 152 Å². The second kappa shape index (κ2) is 6.90. The van der Waals surface area contributed by atoms with Crippen molar-refractivity contribution in [2.24, 2.45) is 0 Å². The first-order valence-corrected chi connectivity index (χ1v) is 8.72. The summed E-state index contributed by atoms with van der Waals surface area (Å²) >= 11 is 0. The number of carbonyl (C=O) groups is 2. The van der Waals surface area contributed by atoms with Gasteiger partial charge in [-0.05, 0) is 43.0 Å². The first-order chi connectivity index (χ1) is 12.4. The standard InChI is InChI=1S/C21H22FNO3/c1-20(19(25)26,15-7-3-2-4-8-15)14-23-18(24)21(11-6-12-21)16-9-5-10-17(22)13-16/h2-5,7-10,13H,6,11-12,14H2,1H3,(H,23,24)(H,25,26). The Morgan fingerprint density at radius 2 is 1.85 bits per heavy atom. The monoisotopic (exact) mass is 355 g/mol. The molecule has 1 amide bonds. The maximum absolute atomic E-state index is 13.6. The Bertz CT molecular complexity index is 817. The summed E-state index contributed by atoms with van der Waals surface area (Å²) in [6, 6.07) is 15.0. The summed E-state index contributed by atoms with van der Waals surface area (Å²) in [4.78, 5) is 24.8. The van der Waals surface area contributed by atoms with Crippen LogP contribution in [0.5, 0.6) is 0 Å². The quantitative estimate of drug-likeness (QED) is 0.834. The Hall–Kier alpha value is -2.69. The molecule has 4 nitrogen and oxygen atoms in total. The van der Waals surface area contributed by atoms with Gasteiger partial charge in [0.25, 0.3) is 0 Å². The van der Waals surface area contributed by atoms with Crippen LogP contribution in [-0.2, 0) is 20.4 Å². The van der Waals surface area contributed by atoms with Gasteiger partial charge in [-0.25, -0.2) is 4.39 Å². The van der Waals surface area contributed by atoms with Crippen LogP contribution in [0.15, 0.2) is 54.6 Å². The average molecular weight is 355 g/mol. The van der Waals surface area contributed by atoms with E-state index in [1.807, 2.05) is 6.07 Å². The number of carboxylic acids is 1. The zero-order valence-corrected chi connectivity index (χ0v) is 14.7. The molecule has 2 aromatic rings. The van der Waals surface area contributed by atoms with Crippen LogP contribution in [0.3, 0.4) is 0 Å². The summed E-state index contributed by atoms with van der Waals surface area (Å²) in [7, 11) is 0. The third-order valence-corrected chi connectivity index (χ3v) is 5.50. The number of carbonyl (C=O) groups excluding carboxylic acids is 1. The largest absolute Gasteiger partial charge is 0.481 e. The highest BCUT2D eigenvalue weighted by Gasteiger charge is 2.46. The third-order valence-electron chi connectivity index (χ3n) is 5.50. The number of amides is 1. The number of halogens is 1. The minimum atomic E-state index is -1.23. The normalized spacial score (nSPS) is 17.6. The van der Waals surface area contributed by atoms with E-state index >= 15 is 0 Å². The lowest BCUT2D eigenvalue weighted by atomic mass is 9.63. The number of nitrogens with one attached hydrogen (secondary N) is 1. The van der Waals surface area contributed by atoms with E-state index < -0.39 is 16.8 Å². The number of benzene rings is 2. The van der Waals surface area contributed by atoms with Crippen LogP contribution in [0, 0.1) is 5.82 Å². The molecule has 1 fully saturated rings. The second-order valence-corrected chi connectivity index (χ2v) is 7.13. The molecule has 0 bridgehead atoms. The smallest absolute Gasteiger partial charge is 0.315 e. The van der Waals surface area contributed by atoms with Crippen molar-refractivity contribution in [3.63, 3.8) is 0 Å². The fourth-order valence-corrected chi connectivity index (χ4v) is 3.50. The molecule has 1 unspecified atom stereocenters. The molecule has 1 aliphatic rings. The summed E-state index contributed by atoms with van der Waals surface area (Å²) in [5.74, 6) is -1.61. The molecule has 1 atom stereocenters. The van der Waals surface area contributed by atoms with Gasteiger partial charge in [0.05, 0.1) is 5.41 Å². The third kappa shape index (κ3) is 3.09. The Balaban J connectivity index is 1.81. The number of carboxylic acid groups (broad SMARTS) is 1. The fourth-order valence-electron chi connectivity index (χ4n) is 3.50. The van der Waals surface area contributed by atoms with Crippen molar-refractivity contribution in [3.05, 3.63) is 71.5 Å². The number of aliphatic carboxylic acids is 1. The van der Waals surface area contributed by atoms with E-state index in [0.717, 1.165) is 6.42 Å².